The molecule has 4 N–H and O–H groups in total. The maximum Gasteiger partial charge on any atom is 0.148 e. The number of halogens is 2. The van der Waals surface area contributed by atoms with Gasteiger partial charge in [-0.15, -0.1) is 0 Å². The number of rotatable bonds is 8. The summed E-state index contributed by atoms with van der Waals surface area (Å²) in [5, 5.41) is 5.82. The molecule has 28 heavy (non-hydrogen) atoms. The van der Waals surface area contributed by atoms with Crippen molar-refractivity contribution in [2.75, 3.05) is 0 Å². The third kappa shape index (κ3) is 4.88. The van der Waals surface area contributed by atoms with Crippen LogP contribution in [0.3, 0.4) is 0 Å². The fourth-order valence-corrected chi connectivity index (χ4v) is 2.41. The molecule has 1 aromatic heterocycles. The largest absolute Gasteiger partial charge is 0.403 e. The summed E-state index contributed by atoms with van der Waals surface area (Å²) in [4.78, 5) is 0. The summed E-state index contributed by atoms with van der Waals surface area (Å²) < 4.78 is 15.6. The third-order valence-electron chi connectivity index (χ3n) is 3.81. The zero-order valence-electron chi connectivity index (χ0n) is 15.2. The zero-order chi connectivity index (χ0) is 20.7. The lowest BCUT2D eigenvalue weighted by atomic mass is 10.1. The molecule has 1 aromatic carbocycles. The van der Waals surface area contributed by atoms with Crippen LogP contribution in [0.5, 0.6) is 0 Å². The molecule has 0 amide bonds. The maximum atomic E-state index is 14.1. The van der Waals surface area contributed by atoms with Crippen LogP contribution < -0.4 is 11.6 Å². The molecule has 0 aliphatic heterocycles. The molecule has 5 nitrogen and oxygen atoms in total. The second kappa shape index (κ2) is 9.55. The molecule has 2 rings (SSSR count). The molecule has 0 bridgehead atoms. The zero-order valence-corrected chi connectivity index (χ0v) is 16.0. The number of aromatic nitrogens is 2. The minimum Gasteiger partial charge on any atom is -0.403 e. The fourth-order valence-electron chi connectivity index (χ4n) is 2.30. The summed E-state index contributed by atoms with van der Waals surface area (Å²) in [6.07, 6.45) is 9.14. The summed E-state index contributed by atoms with van der Waals surface area (Å²) in [6.45, 7) is 11.7. The maximum absolute atomic E-state index is 14.1. The molecule has 144 valence electrons. The predicted octanol–water partition coefficient (Wildman–Crippen LogP) is 4.38. The lowest BCUT2D eigenvalue weighted by Gasteiger charge is -2.15. The first-order chi connectivity index (χ1) is 13.4. The number of nitrogens with zero attached hydrogens (tertiary/aromatic N) is 3. The molecule has 1 heterocycles. The van der Waals surface area contributed by atoms with Crippen LogP contribution in [0.4, 0.5) is 4.39 Å². The first-order valence-electron chi connectivity index (χ1n) is 8.20. The minimum absolute atomic E-state index is 0.316. The Bertz CT molecular complexity index is 984. The number of hydrogen-bond acceptors (Lipinski definition) is 4. The average molecular weight is 398 g/mol. The van der Waals surface area contributed by atoms with Gasteiger partial charge in [0.2, 0.25) is 0 Å². The van der Waals surface area contributed by atoms with Crippen molar-refractivity contribution in [3.05, 3.63) is 115 Å². The SMILES string of the molecule is C=C/C(=C\C(Cl)=C/N)N(N)/C=C\C(=C)C(=C)c1ccnn1-c1ccccc1F. The van der Waals surface area contributed by atoms with E-state index in [0.29, 0.717) is 33.3 Å². The molecule has 0 spiro atoms. The summed E-state index contributed by atoms with van der Waals surface area (Å²) in [6, 6.07) is 8.08. The van der Waals surface area contributed by atoms with Gasteiger partial charge >= 0.3 is 0 Å². The number of hydrogen-bond donors (Lipinski definition) is 2. The highest BCUT2D eigenvalue weighted by atomic mass is 35.5. The standard InChI is InChI=1S/C21H21ClFN5/c1-4-18(13-17(22)14-24)27(25)12-10-15(2)16(3)20-9-11-26-28(20)21-8-6-5-7-19(21)23/h4-14H,1-3,24-25H2/b12-10-,17-14+,18-13+. The van der Waals surface area contributed by atoms with Gasteiger partial charge in [0.05, 0.1) is 22.6 Å². The number of benzene rings is 1. The Morgan fingerprint density at radius 3 is 2.61 bits per heavy atom. The van der Waals surface area contributed by atoms with Gasteiger partial charge < -0.3 is 5.73 Å². The first-order valence-corrected chi connectivity index (χ1v) is 8.58. The van der Waals surface area contributed by atoms with Gasteiger partial charge in [0.15, 0.2) is 0 Å². The van der Waals surface area contributed by atoms with Crippen LogP contribution in [0.25, 0.3) is 11.3 Å². The number of para-hydroxylation sites is 1. The van der Waals surface area contributed by atoms with Gasteiger partial charge in [0.1, 0.15) is 11.5 Å². The van der Waals surface area contributed by atoms with Crippen LogP contribution in [0.2, 0.25) is 0 Å². The minimum atomic E-state index is -0.389. The summed E-state index contributed by atoms with van der Waals surface area (Å²) >= 11 is 5.89. The Morgan fingerprint density at radius 1 is 1.25 bits per heavy atom. The molecule has 0 saturated heterocycles. The Morgan fingerprint density at radius 2 is 1.96 bits per heavy atom. The molecule has 0 fully saturated rings. The van der Waals surface area contributed by atoms with E-state index in [-0.39, 0.29) is 5.82 Å². The van der Waals surface area contributed by atoms with Crippen molar-refractivity contribution in [1.29, 1.82) is 0 Å². The van der Waals surface area contributed by atoms with Crippen molar-refractivity contribution >= 4 is 17.2 Å². The summed E-state index contributed by atoms with van der Waals surface area (Å²) in [5.41, 5.74) is 7.94. The number of allylic oxidation sites excluding steroid dienone is 6. The number of nitrogens with two attached hydrogens (primary N) is 2. The van der Waals surface area contributed by atoms with Crippen LogP contribution >= 0.6 is 11.6 Å². The molecule has 0 saturated carbocycles. The van der Waals surface area contributed by atoms with E-state index in [1.807, 2.05) is 0 Å². The molecule has 7 heteroatoms. The highest BCUT2D eigenvalue weighted by Crippen LogP contribution is 2.24. The molecule has 2 aromatic rings. The van der Waals surface area contributed by atoms with E-state index >= 15 is 0 Å². The lowest BCUT2D eigenvalue weighted by Crippen LogP contribution is -2.23. The van der Waals surface area contributed by atoms with E-state index in [1.54, 1.807) is 48.8 Å². The Hall–Kier alpha value is -3.35. The van der Waals surface area contributed by atoms with Crippen LogP contribution in [0, 0.1) is 5.82 Å². The van der Waals surface area contributed by atoms with Crippen LogP contribution in [-0.2, 0) is 0 Å². The van der Waals surface area contributed by atoms with Gasteiger partial charge in [0, 0.05) is 12.4 Å². The summed E-state index contributed by atoms with van der Waals surface area (Å²) in [7, 11) is 0. The van der Waals surface area contributed by atoms with Crippen LogP contribution in [0.15, 0.2) is 103 Å². The fraction of sp³-hybridized carbons (Fsp3) is 0. The Balaban J connectivity index is 2.23. The third-order valence-corrected chi connectivity index (χ3v) is 4.04. The van der Waals surface area contributed by atoms with Crippen molar-refractivity contribution in [3.63, 3.8) is 0 Å². The van der Waals surface area contributed by atoms with Crippen LogP contribution in [0.1, 0.15) is 5.69 Å². The van der Waals surface area contributed by atoms with E-state index in [0.717, 1.165) is 0 Å². The monoisotopic (exact) mass is 397 g/mol. The molecule has 0 unspecified atom stereocenters. The van der Waals surface area contributed by atoms with Gasteiger partial charge in [-0.1, -0.05) is 43.5 Å². The van der Waals surface area contributed by atoms with Crippen molar-refractivity contribution in [2.45, 2.75) is 0 Å². The summed E-state index contributed by atoms with van der Waals surface area (Å²) in [5.74, 6) is 5.59. The normalized spacial score (nSPS) is 12.2. The predicted molar refractivity (Wildman–Crippen MR) is 113 cm³/mol. The highest BCUT2D eigenvalue weighted by molar-refractivity contribution is 6.31. The van der Waals surface area contributed by atoms with E-state index in [2.05, 4.69) is 24.8 Å². The van der Waals surface area contributed by atoms with E-state index in [4.69, 9.17) is 23.2 Å². The van der Waals surface area contributed by atoms with Gasteiger partial charge in [-0.25, -0.2) is 14.9 Å². The highest BCUT2D eigenvalue weighted by Gasteiger charge is 2.12. The van der Waals surface area contributed by atoms with E-state index in [9.17, 15) is 4.39 Å². The second-order valence-electron chi connectivity index (χ2n) is 5.63. The molecular formula is C21H21ClFN5. The molecule has 0 aliphatic rings. The molecular weight excluding hydrogens is 377 g/mol. The van der Waals surface area contributed by atoms with Gasteiger partial charge in [-0.05, 0) is 47.6 Å². The van der Waals surface area contributed by atoms with E-state index in [1.165, 1.54) is 28.0 Å². The second-order valence-corrected chi connectivity index (χ2v) is 6.07. The topological polar surface area (TPSA) is 73.1 Å². The van der Waals surface area contributed by atoms with Gasteiger partial charge in [-0.3, -0.25) is 5.01 Å². The molecule has 0 radical (unpaired) electrons. The Kier molecular flexibility index (Phi) is 7.14. The lowest BCUT2D eigenvalue weighted by molar-refractivity contribution is 0.508. The average Bonchev–Trinajstić information content (AvgIpc) is 3.18. The number of hydrazine groups is 1. The van der Waals surface area contributed by atoms with Crippen molar-refractivity contribution in [3.8, 4) is 5.69 Å². The van der Waals surface area contributed by atoms with Crippen molar-refractivity contribution in [2.24, 2.45) is 11.6 Å². The van der Waals surface area contributed by atoms with Gasteiger partial charge in [0.25, 0.3) is 0 Å². The van der Waals surface area contributed by atoms with E-state index < -0.39 is 0 Å². The molecule has 0 atom stereocenters. The van der Waals surface area contributed by atoms with Crippen molar-refractivity contribution < 1.29 is 4.39 Å². The first kappa shape index (κ1) is 21.0. The van der Waals surface area contributed by atoms with Gasteiger partial charge in [-0.2, -0.15) is 5.10 Å². The van der Waals surface area contributed by atoms with Crippen LogP contribution in [-0.4, -0.2) is 14.8 Å². The quantitative estimate of drug-likeness (QED) is 0.394. The van der Waals surface area contributed by atoms with Crippen molar-refractivity contribution in [1.82, 2.24) is 14.8 Å². The Labute approximate surface area is 168 Å². The molecule has 0 aliphatic carbocycles. The smallest absolute Gasteiger partial charge is 0.148 e.